The van der Waals surface area contributed by atoms with Gasteiger partial charge >= 0.3 is 5.97 Å². The summed E-state index contributed by atoms with van der Waals surface area (Å²) < 4.78 is 20.3. The van der Waals surface area contributed by atoms with Crippen LogP contribution in [0.25, 0.3) is 22.5 Å². The number of carbonyl (C=O) groups is 2. The SMILES string of the molecule is CCOC(=O)c1nn(-c2ccccc2F)c(=O)c2c(NC(=O)/C=C/c3ccccc3)scc12. The van der Waals surface area contributed by atoms with E-state index in [1.165, 1.54) is 29.7 Å². The van der Waals surface area contributed by atoms with Crippen LogP contribution in [0, 0.1) is 5.82 Å². The smallest absolute Gasteiger partial charge is 0.359 e. The summed E-state index contributed by atoms with van der Waals surface area (Å²) in [5.41, 5.74) is -0.111. The number of para-hydroxylation sites is 1. The molecular formula is C24H18FN3O4S. The van der Waals surface area contributed by atoms with Gasteiger partial charge in [0, 0.05) is 16.8 Å². The third-order valence-corrected chi connectivity index (χ3v) is 5.56. The molecule has 0 aliphatic carbocycles. The number of nitrogens with one attached hydrogen (secondary N) is 1. The van der Waals surface area contributed by atoms with Crippen molar-refractivity contribution in [1.29, 1.82) is 0 Å². The molecule has 0 saturated carbocycles. The molecule has 0 radical (unpaired) electrons. The monoisotopic (exact) mass is 463 g/mol. The van der Waals surface area contributed by atoms with Gasteiger partial charge in [-0.25, -0.2) is 9.18 Å². The van der Waals surface area contributed by atoms with Crippen molar-refractivity contribution in [2.24, 2.45) is 0 Å². The molecule has 0 fully saturated rings. The van der Waals surface area contributed by atoms with E-state index in [1.807, 2.05) is 30.3 Å². The van der Waals surface area contributed by atoms with Crippen LogP contribution in [-0.2, 0) is 9.53 Å². The lowest BCUT2D eigenvalue weighted by Gasteiger charge is -2.10. The predicted molar refractivity (Wildman–Crippen MR) is 125 cm³/mol. The van der Waals surface area contributed by atoms with Crippen LogP contribution in [0.5, 0.6) is 0 Å². The molecule has 1 N–H and O–H groups in total. The Morgan fingerprint density at radius 3 is 2.61 bits per heavy atom. The van der Waals surface area contributed by atoms with Crippen LogP contribution in [0.2, 0.25) is 0 Å². The average Bonchev–Trinajstić information content (AvgIpc) is 3.23. The Kier molecular flexibility index (Phi) is 6.41. The van der Waals surface area contributed by atoms with Crippen LogP contribution in [0.3, 0.4) is 0 Å². The van der Waals surface area contributed by atoms with E-state index < -0.39 is 23.3 Å². The number of esters is 1. The second kappa shape index (κ2) is 9.58. The molecule has 0 atom stereocenters. The summed E-state index contributed by atoms with van der Waals surface area (Å²) in [6.07, 6.45) is 2.97. The fraction of sp³-hybridized carbons (Fsp3) is 0.0833. The van der Waals surface area contributed by atoms with E-state index in [0.29, 0.717) is 0 Å². The zero-order chi connectivity index (χ0) is 23.4. The van der Waals surface area contributed by atoms with Gasteiger partial charge in [-0.05, 0) is 30.7 Å². The molecule has 0 spiro atoms. The summed E-state index contributed by atoms with van der Waals surface area (Å²) in [5.74, 6) is -1.91. The molecule has 0 aliphatic heterocycles. The van der Waals surface area contributed by atoms with Crippen LogP contribution in [0.1, 0.15) is 23.0 Å². The number of benzene rings is 2. The highest BCUT2D eigenvalue weighted by Gasteiger charge is 2.23. The van der Waals surface area contributed by atoms with E-state index in [4.69, 9.17) is 4.74 Å². The van der Waals surface area contributed by atoms with E-state index in [2.05, 4.69) is 10.4 Å². The summed E-state index contributed by atoms with van der Waals surface area (Å²) in [6.45, 7) is 1.74. The molecule has 166 valence electrons. The van der Waals surface area contributed by atoms with Crippen LogP contribution in [0.15, 0.2) is 70.8 Å². The number of halogens is 1. The number of ether oxygens (including phenoxy) is 1. The molecule has 9 heteroatoms. The van der Waals surface area contributed by atoms with Crippen molar-refractivity contribution in [1.82, 2.24) is 9.78 Å². The van der Waals surface area contributed by atoms with Crippen molar-refractivity contribution in [2.75, 3.05) is 11.9 Å². The third kappa shape index (κ3) is 4.58. The van der Waals surface area contributed by atoms with E-state index in [-0.39, 0.29) is 33.8 Å². The van der Waals surface area contributed by atoms with Gasteiger partial charge in [0.15, 0.2) is 5.69 Å². The summed E-state index contributed by atoms with van der Waals surface area (Å²) >= 11 is 1.06. The minimum Gasteiger partial charge on any atom is -0.461 e. The standard InChI is InChI=1S/C24H18FN3O4S/c1-2-32-24(31)21-16-14-33-22(26-19(29)13-12-15-8-4-3-5-9-15)20(16)23(30)28(27-21)18-11-7-6-10-17(18)25/h3-14H,2H2,1H3,(H,26,29)/b13-12+. The zero-order valence-electron chi connectivity index (χ0n) is 17.4. The molecule has 0 saturated heterocycles. The first-order valence-electron chi connectivity index (χ1n) is 10.00. The molecule has 2 heterocycles. The molecule has 33 heavy (non-hydrogen) atoms. The number of fused-ring (bicyclic) bond motifs is 1. The number of thiophene rings is 1. The topological polar surface area (TPSA) is 90.3 Å². The largest absolute Gasteiger partial charge is 0.461 e. The molecule has 2 aromatic heterocycles. The first-order valence-corrected chi connectivity index (χ1v) is 10.9. The van der Waals surface area contributed by atoms with Gasteiger partial charge < -0.3 is 10.1 Å². The summed E-state index contributed by atoms with van der Waals surface area (Å²) in [7, 11) is 0. The van der Waals surface area contributed by atoms with Crippen molar-refractivity contribution in [3.05, 3.63) is 93.5 Å². The number of anilines is 1. The Hall–Kier alpha value is -4.11. The number of hydrogen-bond acceptors (Lipinski definition) is 6. The molecular weight excluding hydrogens is 445 g/mol. The Bertz CT molecular complexity index is 1430. The van der Waals surface area contributed by atoms with Crippen molar-refractivity contribution in [3.63, 3.8) is 0 Å². The van der Waals surface area contributed by atoms with Gasteiger partial charge in [-0.3, -0.25) is 9.59 Å². The summed E-state index contributed by atoms with van der Waals surface area (Å²) in [5, 5.41) is 8.78. The lowest BCUT2D eigenvalue weighted by Crippen LogP contribution is -2.26. The van der Waals surface area contributed by atoms with Gasteiger partial charge in [-0.15, -0.1) is 11.3 Å². The summed E-state index contributed by atoms with van der Waals surface area (Å²) in [4.78, 5) is 38.3. The Morgan fingerprint density at radius 1 is 1.15 bits per heavy atom. The molecule has 4 rings (SSSR count). The fourth-order valence-corrected chi connectivity index (χ4v) is 4.11. The van der Waals surface area contributed by atoms with Crippen molar-refractivity contribution < 1.29 is 18.7 Å². The first kappa shape index (κ1) is 22.1. The second-order valence-corrected chi connectivity index (χ2v) is 7.70. The van der Waals surface area contributed by atoms with E-state index in [0.717, 1.165) is 21.6 Å². The maximum absolute atomic E-state index is 14.4. The number of nitrogens with zero attached hydrogens (tertiary/aromatic N) is 2. The van der Waals surface area contributed by atoms with Gasteiger partial charge in [0.25, 0.3) is 5.56 Å². The number of rotatable bonds is 6. The zero-order valence-corrected chi connectivity index (χ0v) is 18.3. The lowest BCUT2D eigenvalue weighted by atomic mass is 10.2. The van der Waals surface area contributed by atoms with Crippen LogP contribution < -0.4 is 10.9 Å². The number of amides is 1. The molecule has 7 nitrogen and oxygen atoms in total. The maximum Gasteiger partial charge on any atom is 0.359 e. The highest BCUT2D eigenvalue weighted by molar-refractivity contribution is 7.16. The molecule has 0 aliphatic rings. The number of carbonyl (C=O) groups excluding carboxylic acids is 2. The second-order valence-electron chi connectivity index (χ2n) is 6.82. The number of aromatic nitrogens is 2. The van der Waals surface area contributed by atoms with Gasteiger partial charge in [0.2, 0.25) is 5.91 Å². The quantitative estimate of drug-likeness (QED) is 0.338. The van der Waals surface area contributed by atoms with Gasteiger partial charge in [0.05, 0.1) is 12.0 Å². The molecule has 0 unspecified atom stereocenters. The normalized spacial score (nSPS) is 11.1. The Labute approximate surface area is 191 Å². The molecule has 4 aromatic rings. The third-order valence-electron chi connectivity index (χ3n) is 4.67. The van der Waals surface area contributed by atoms with E-state index >= 15 is 0 Å². The summed E-state index contributed by atoms with van der Waals surface area (Å²) in [6, 6.07) is 14.8. The highest BCUT2D eigenvalue weighted by atomic mass is 32.1. The molecule has 1 amide bonds. The van der Waals surface area contributed by atoms with Gasteiger partial charge in [0.1, 0.15) is 16.5 Å². The lowest BCUT2D eigenvalue weighted by molar-refractivity contribution is -0.111. The molecule has 2 aromatic carbocycles. The minimum absolute atomic E-state index is 0.0442. The van der Waals surface area contributed by atoms with Crippen molar-refractivity contribution in [2.45, 2.75) is 6.92 Å². The van der Waals surface area contributed by atoms with E-state index in [1.54, 1.807) is 19.1 Å². The van der Waals surface area contributed by atoms with Crippen molar-refractivity contribution in [3.8, 4) is 5.69 Å². The Morgan fingerprint density at radius 2 is 1.88 bits per heavy atom. The Balaban J connectivity index is 1.81. The van der Waals surface area contributed by atoms with Crippen molar-refractivity contribution >= 4 is 45.1 Å². The minimum atomic E-state index is -0.757. The number of hydrogen-bond donors (Lipinski definition) is 1. The average molecular weight is 463 g/mol. The molecule has 0 bridgehead atoms. The first-order chi connectivity index (χ1) is 16.0. The van der Waals surface area contributed by atoms with E-state index in [9.17, 15) is 18.8 Å². The van der Waals surface area contributed by atoms with Crippen LogP contribution >= 0.6 is 11.3 Å². The van der Waals surface area contributed by atoms with Gasteiger partial charge in [-0.2, -0.15) is 9.78 Å². The maximum atomic E-state index is 14.4. The van der Waals surface area contributed by atoms with Crippen LogP contribution in [-0.4, -0.2) is 28.3 Å². The van der Waals surface area contributed by atoms with Crippen LogP contribution in [0.4, 0.5) is 9.39 Å². The van der Waals surface area contributed by atoms with Gasteiger partial charge in [-0.1, -0.05) is 42.5 Å². The fourth-order valence-electron chi connectivity index (χ4n) is 3.17. The highest BCUT2D eigenvalue weighted by Crippen LogP contribution is 2.31. The predicted octanol–water partition coefficient (Wildman–Crippen LogP) is 4.41.